The van der Waals surface area contributed by atoms with Gasteiger partial charge >= 0.3 is 6.18 Å². The highest BCUT2D eigenvalue weighted by Gasteiger charge is 2.38. The van der Waals surface area contributed by atoms with Crippen LogP contribution in [0, 0.1) is 11.3 Å². The van der Waals surface area contributed by atoms with Crippen LogP contribution in [0.4, 0.5) is 13.2 Å². The molecule has 3 nitrogen and oxygen atoms in total. The summed E-state index contributed by atoms with van der Waals surface area (Å²) in [7, 11) is 0. The van der Waals surface area contributed by atoms with Gasteiger partial charge in [-0.3, -0.25) is 0 Å². The van der Waals surface area contributed by atoms with Crippen molar-refractivity contribution in [1.29, 1.82) is 5.26 Å². The molecule has 0 spiro atoms. The minimum atomic E-state index is -4.69. The Bertz CT molecular complexity index is 381. The summed E-state index contributed by atoms with van der Waals surface area (Å²) in [4.78, 5) is 0. The molecule has 0 aliphatic rings. The van der Waals surface area contributed by atoms with E-state index in [4.69, 9.17) is 15.1 Å². The Hall–Kier alpha value is -1.74. The maximum atomic E-state index is 11.9. The summed E-state index contributed by atoms with van der Waals surface area (Å²) in [5, 5.41) is 17.1. The molecule has 1 aromatic carbocycles. The average molecular weight is 231 g/mol. The number of hydrogen-bond donors (Lipinski definition) is 1. The molecular weight excluding hydrogens is 223 g/mol. The first-order valence-corrected chi connectivity index (χ1v) is 4.31. The molecule has 0 heterocycles. The molecule has 1 atom stereocenters. The molecule has 0 aliphatic carbocycles. The molecule has 86 valence electrons. The van der Waals surface area contributed by atoms with Crippen LogP contribution in [0.25, 0.3) is 0 Å². The lowest BCUT2D eigenvalue weighted by Crippen LogP contribution is -2.34. The number of halogens is 3. The second-order valence-electron chi connectivity index (χ2n) is 3.00. The van der Waals surface area contributed by atoms with Gasteiger partial charge in [-0.25, -0.2) is 0 Å². The van der Waals surface area contributed by atoms with E-state index in [2.05, 4.69) is 0 Å². The monoisotopic (exact) mass is 231 g/mol. The van der Waals surface area contributed by atoms with Gasteiger partial charge in [-0.2, -0.15) is 18.4 Å². The van der Waals surface area contributed by atoms with Crippen molar-refractivity contribution in [2.24, 2.45) is 0 Å². The maximum Gasteiger partial charge on any atom is 0.417 e. The highest BCUT2D eigenvalue weighted by Crippen LogP contribution is 2.21. The zero-order valence-electron chi connectivity index (χ0n) is 8.03. The largest absolute Gasteiger partial charge is 0.491 e. The number of aliphatic hydroxyl groups is 1. The predicted octanol–water partition coefficient (Wildman–Crippen LogP) is 1.86. The van der Waals surface area contributed by atoms with Crippen molar-refractivity contribution in [2.75, 3.05) is 6.61 Å². The highest BCUT2D eigenvalue weighted by atomic mass is 19.4. The van der Waals surface area contributed by atoms with Gasteiger partial charge in [-0.1, -0.05) is 0 Å². The molecule has 0 amide bonds. The molecule has 1 rings (SSSR count). The Kier molecular flexibility index (Phi) is 3.74. The fourth-order valence-electron chi connectivity index (χ4n) is 0.895. The Morgan fingerprint density at radius 1 is 1.31 bits per heavy atom. The van der Waals surface area contributed by atoms with E-state index >= 15 is 0 Å². The first-order valence-electron chi connectivity index (χ1n) is 4.31. The van der Waals surface area contributed by atoms with E-state index in [-0.39, 0.29) is 5.75 Å². The highest BCUT2D eigenvalue weighted by molar-refractivity contribution is 5.34. The first-order chi connectivity index (χ1) is 7.43. The number of nitriles is 1. The molecule has 0 saturated carbocycles. The summed E-state index contributed by atoms with van der Waals surface area (Å²) in [6.07, 6.45) is -7.20. The predicted molar refractivity (Wildman–Crippen MR) is 48.7 cm³/mol. The molecule has 1 N–H and O–H groups in total. The lowest BCUT2D eigenvalue weighted by atomic mass is 10.2. The molecule has 0 radical (unpaired) electrons. The minimum Gasteiger partial charge on any atom is -0.491 e. The third-order valence-electron chi connectivity index (χ3n) is 1.77. The lowest BCUT2D eigenvalue weighted by Gasteiger charge is -2.15. The second-order valence-corrected chi connectivity index (χ2v) is 3.00. The van der Waals surface area contributed by atoms with Crippen LogP contribution in [-0.4, -0.2) is 24.0 Å². The number of ether oxygens (including phenoxy) is 1. The molecule has 6 heteroatoms. The number of nitrogens with zero attached hydrogens (tertiary/aromatic N) is 1. The number of benzene rings is 1. The third kappa shape index (κ3) is 3.44. The summed E-state index contributed by atoms with van der Waals surface area (Å²) in [5.41, 5.74) is 0.378. The molecule has 0 fully saturated rings. The first kappa shape index (κ1) is 12.3. The summed E-state index contributed by atoms with van der Waals surface area (Å²) in [5.74, 6) is 0.169. The Balaban J connectivity index is 2.53. The summed E-state index contributed by atoms with van der Waals surface area (Å²) >= 11 is 0. The van der Waals surface area contributed by atoms with Gasteiger partial charge in [0.1, 0.15) is 12.4 Å². The molecule has 0 aliphatic heterocycles. The van der Waals surface area contributed by atoms with E-state index in [1.807, 2.05) is 6.07 Å². The summed E-state index contributed by atoms with van der Waals surface area (Å²) in [6, 6.07) is 7.41. The Morgan fingerprint density at radius 2 is 1.88 bits per heavy atom. The smallest absolute Gasteiger partial charge is 0.417 e. The van der Waals surface area contributed by atoms with Crippen LogP contribution < -0.4 is 4.74 Å². The van der Waals surface area contributed by atoms with Crippen LogP contribution in [0.5, 0.6) is 5.75 Å². The molecule has 16 heavy (non-hydrogen) atoms. The topological polar surface area (TPSA) is 53.2 Å². The molecule has 1 unspecified atom stereocenters. The van der Waals surface area contributed by atoms with Crippen molar-refractivity contribution < 1.29 is 23.0 Å². The zero-order chi connectivity index (χ0) is 12.2. The van der Waals surface area contributed by atoms with Crippen LogP contribution >= 0.6 is 0 Å². The fraction of sp³-hybridized carbons (Fsp3) is 0.300. The fourth-order valence-corrected chi connectivity index (χ4v) is 0.895. The number of aliphatic hydroxyl groups excluding tert-OH is 1. The third-order valence-corrected chi connectivity index (χ3v) is 1.77. The Labute approximate surface area is 89.7 Å². The lowest BCUT2D eigenvalue weighted by molar-refractivity contribution is -0.210. The second kappa shape index (κ2) is 4.86. The van der Waals surface area contributed by atoms with E-state index in [1.54, 1.807) is 0 Å². The van der Waals surface area contributed by atoms with Gasteiger partial charge in [0, 0.05) is 0 Å². The molecular formula is C10H8F3NO2. The zero-order valence-corrected chi connectivity index (χ0v) is 8.03. The van der Waals surface area contributed by atoms with E-state index in [9.17, 15) is 13.2 Å². The number of hydrogen-bond acceptors (Lipinski definition) is 3. The van der Waals surface area contributed by atoms with E-state index in [0.29, 0.717) is 5.56 Å². The van der Waals surface area contributed by atoms with E-state index in [0.717, 1.165) is 0 Å². The van der Waals surface area contributed by atoms with Gasteiger partial charge < -0.3 is 9.84 Å². The van der Waals surface area contributed by atoms with Crippen molar-refractivity contribution >= 4 is 0 Å². The number of rotatable bonds is 3. The average Bonchev–Trinajstić information content (AvgIpc) is 2.25. The van der Waals surface area contributed by atoms with Gasteiger partial charge in [0.2, 0.25) is 0 Å². The van der Waals surface area contributed by atoms with Crippen molar-refractivity contribution in [3.05, 3.63) is 29.8 Å². The molecule has 0 bridgehead atoms. The van der Waals surface area contributed by atoms with Gasteiger partial charge in [0.25, 0.3) is 0 Å². The van der Waals surface area contributed by atoms with Crippen molar-refractivity contribution in [1.82, 2.24) is 0 Å². The van der Waals surface area contributed by atoms with Crippen LogP contribution in [0.2, 0.25) is 0 Å². The summed E-state index contributed by atoms with van der Waals surface area (Å²) in [6.45, 7) is -0.866. The normalized spacial score (nSPS) is 12.9. The standard InChI is InChI=1S/C10H8F3NO2/c11-10(12,13)9(15)6-16-8-3-1-7(5-14)2-4-8/h1-4,9,15H,6H2. The van der Waals surface area contributed by atoms with E-state index in [1.165, 1.54) is 24.3 Å². The van der Waals surface area contributed by atoms with E-state index < -0.39 is 18.9 Å². The van der Waals surface area contributed by atoms with Gasteiger partial charge in [-0.15, -0.1) is 0 Å². The van der Waals surface area contributed by atoms with Gasteiger partial charge in [-0.05, 0) is 24.3 Å². The van der Waals surface area contributed by atoms with Crippen LogP contribution in [0.15, 0.2) is 24.3 Å². The molecule has 0 saturated heterocycles. The van der Waals surface area contributed by atoms with Crippen LogP contribution in [0.3, 0.4) is 0 Å². The van der Waals surface area contributed by atoms with Crippen molar-refractivity contribution in [3.63, 3.8) is 0 Å². The quantitative estimate of drug-likeness (QED) is 0.863. The van der Waals surface area contributed by atoms with Gasteiger partial charge in [0.05, 0.1) is 11.6 Å². The SMILES string of the molecule is N#Cc1ccc(OCC(O)C(F)(F)F)cc1. The van der Waals surface area contributed by atoms with Crippen molar-refractivity contribution in [2.45, 2.75) is 12.3 Å². The maximum absolute atomic E-state index is 11.9. The number of alkyl halides is 3. The minimum absolute atomic E-state index is 0.169. The summed E-state index contributed by atoms with van der Waals surface area (Å²) < 4.78 is 40.4. The van der Waals surface area contributed by atoms with Gasteiger partial charge in [0.15, 0.2) is 6.10 Å². The molecule has 1 aromatic rings. The molecule has 0 aromatic heterocycles. The van der Waals surface area contributed by atoms with Crippen molar-refractivity contribution in [3.8, 4) is 11.8 Å². The Morgan fingerprint density at radius 3 is 2.31 bits per heavy atom. The van der Waals surface area contributed by atoms with Crippen LogP contribution in [0.1, 0.15) is 5.56 Å². The van der Waals surface area contributed by atoms with Crippen LogP contribution in [-0.2, 0) is 0 Å².